The number of hydrogen-bond donors (Lipinski definition) is 0. The summed E-state index contributed by atoms with van der Waals surface area (Å²) in [4.78, 5) is 15.0. The van der Waals surface area contributed by atoms with E-state index < -0.39 is 10.8 Å². The largest absolute Gasteiger partial charge is 0.339 e. The number of hydrogen-bond acceptors (Lipinski definition) is 2. The number of amides is 1. The smallest absolute Gasteiger partial charge is 0.253 e. The van der Waals surface area contributed by atoms with Crippen LogP contribution >= 0.6 is 0 Å². The molecule has 1 atom stereocenters. The molecule has 0 bridgehead atoms. The van der Waals surface area contributed by atoms with E-state index in [2.05, 4.69) is 0 Å². The number of nitrogens with zero attached hydrogens (tertiary/aromatic N) is 1. The first kappa shape index (κ1) is 14.3. The quantitative estimate of drug-likeness (QED) is 0.853. The van der Waals surface area contributed by atoms with Gasteiger partial charge in [-0.05, 0) is 37.1 Å². The topological polar surface area (TPSA) is 37.4 Å². The maximum Gasteiger partial charge on any atom is 0.253 e. The maximum absolute atomic E-state index is 12.4. The lowest BCUT2D eigenvalue weighted by atomic mass is 9.94. The summed E-state index contributed by atoms with van der Waals surface area (Å²) in [5.41, 5.74) is 0.683. The highest BCUT2D eigenvalue weighted by Gasteiger charge is 2.22. The lowest BCUT2D eigenvalue weighted by Gasteiger charge is -2.31. The molecule has 1 aliphatic carbocycles. The van der Waals surface area contributed by atoms with Crippen LogP contribution < -0.4 is 0 Å². The van der Waals surface area contributed by atoms with Crippen molar-refractivity contribution in [2.24, 2.45) is 0 Å². The molecule has 0 aliphatic heterocycles. The average Bonchev–Trinajstić information content (AvgIpc) is 2.46. The molecule has 0 N–H and O–H groups in total. The minimum Gasteiger partial charge on any atom is -0.339 e. The average molecular weight is 279 g/mol. The van der Waals surface area contributed by atoms with Gasteiger partial charge in [-0.25, -0.2) is 0 Å². The molecular weight excluding hydrogens is 258 g/mol. The van der Waals surface area contributed by atoms with Gasteiger partial charge in [-0.15, -0.1) is 0 Å². The van der Waals surface area contributed by atoms with Gasteiger partial charge in [0.1, 0.15) is 0 Å². The number of carbonyl (C=O) groups excluding carboxylic acids is 1. The number of rotatable bonds is 3. The molecule has 0 radical (unpaired) electrons. The zero-order valence-electron chi connectivity index (χ0n) is 11.6. The van der Waals surface area contributed by atoms with Crippen LogP contribution in [0.15, 0.2) is 29.2 Å². The number of carbonyl (C=O) groups is 1. The fourth-order valence-corrected chi connectivity index (χ4v) is 3.15. The van der Waals surface area contributed by atoms with Crippen LogP contribution in [0, 0.1) is 0 Å². The van der Waals surface area contributed by atoms with E-state index in [0.29, 0.717) is 11.6 Å². The highest BCUT2D eigenvalue weighted by Crippen LogP contribution is 2.23. The summed E-state index contributed by atoms with van der Waals surface area (Å²) in [5.74, 6) is 0.0698. The van der Waals surface area contributed by atoms with Crippen molar-refractivity contribution >= 4 is 16.7 Å². The summed E-state index contributed by atoms with van der Waals surface area (Å²) in [6.07, 6.45) is 7.59. The summed E-state index contributed by atoms with van der Waals surface area (Å²) in [7, 11) is 0.903. The second-order valence-corrected chi connectivity index (χ2v) is 6.57. The van der Waals surface area contributed by atoms with Crippen molar-refractivity contribution in [3.8, 4) is 0 Å². The Morgan fingerprint density at radius 3 is 2.26 bits per heavy atom. The van der Waals surface area contributed by atoms with Gasteiger partial charge in [0.2, 0.25) is 0 Å². The summed E-state index contributed by atoms with van der Waals surface area (Å²) in [5, 5.41) is 0. The molecule has 0 spiro atoms. The van der Waals surface area contributed by atoms with Gasteiger partial charge < -0.3 is 4.90 Å². The minimum atomic E-state index is -0.990. The fraction of sp³-hybridized carbons (Fsp3) is 0.533. The molecule has 19 heavy (non-hydrogen) atoms. The Hall–Kier alpha value is -1.16. The van der Waals surface area contributed by atoms with Crippen molar-refractivity contribution in [1.29, 1.82) is 0 Å². The lowest BCUT2D eigenvalue weighted by molar-refractivity contribution is 0.0696. The third kappa shape index (κ3) is 3.44. The molecule has 1 aromatic rings. The van der Waals surface area contributed by atoms with Crippen molar-refractivity contribution in [3.63, 3.8) is 0 Å². The Labute approximate surface area is 117 Å². The molecule has 1 aliphatic rings. The zero-order chi connectivity index (χ0) is 13.8. The van der Waals surface area contributed by atoms with Crippen molar-refractivity contribution < 1.29 is 9.00 Å². The second kappa shape index (κ2) is 6.33. The highest BCUT2D eigenvalue weighted by atomic mass is 32.2. The first-order chi connectivity index (χ1) is 9.09. The van der Waals surface area contributed by atoms with E-state index in [4.69, 9.17) is 0 Å². The molecule has 0 saturated heterocycles. The standard InChI is InChI=1S/C15H21NO2S/c1-16(13-6-4-3-5-7-13)15(17)12-8-10-14(11-9-12)19(2)18/h8-11,13H,3-7H2,1-2H3. The molecule has 2 rings (SSSR count). The van der Waals surface area contributed by atoms with E-state index in [1.54, 1.807) is 30.5 Å². The Kier molecular flexibility index (Phi) is 4.75. The van der Waals surface area contributed by atoms with E-state index in [1.807, 2.05) is 11.9 Å². The lowest BCUT2D eigenvalue weighted by Crippen LogP contribution is -2.38. The van der Waals surface area contributed by atoms with Gasteiger partial charge in [-0.3, -0.25) is 9.00 Å². The molecule has 1 fully saturated rings. The molecule has 1 saturated carbocycles. The normalized spacial score (nSPS) is 18.0. The first-order valence-corrected chi connectivity index (χ1v) is 8.36. The van der Waals surface area contributed by atoms with Crippen LogP contribution in [-0.2, 0) is 10.8 Å². The van der Waals surface area contributed by atoms with Gasteiger partial charge in [0, 0.05) is 40.6 Å². The van der Waals surface area contributed by atoms with Crippen molar-refractivity contribution in [3.05, 3.63) is 29.8 Å². The molecule has 1 amide bonds. The Morgan fingerprint density at radius 1 is 1.16 bits per heavy atom. The molecule has 3 nitrogen and oxygen atoms in total. The van der Waals surface area contributed by atoms with Crippen molar-refractivity contribution in [2.45, 2.75) is 43.0 Å². The second-order valence-electron chi connectivity index (χ2n) is 5.19. The third-order valence-corrected chi connectivity index (χ3v) is 4.81. The highest BCUT2D eigenvalue weighted by molar-refractivity contribution is 7.84. The van der Waals surface area contributed by atoms with E-state index in [-0.39, 0.29) is 5.91 Å². The Morgan fingerprint density at radius 2 is 1.74 bits per heavy atom. The van der Waals surface area contributed by atoms with E-state index in [1.165, 1.54) is 19.3 Å². The van der Waals surface area contributed by atoms with Gasteiger partial charge >= 0.3 is 0 Å². The monoisotopic (exact) mass is 279 g/mol. The van der Waals surface area contributed by atoms with Crippen LogP contribution in [0.3, 0.4) is 0 Å². The van der Waals surface area contributed by atoms with Crippen molar-refractivity contribution in [1.82, 2.24) is 4.90 Å². The van der Waals surface area contributed by atoms with E-state index in [0.717, 1.165) is 17.7 Å². The maximum atomic E-state index is 12.4. The van der Waals surface area contributed by atoms with Gasteiger partial charge in [0.15, 0.2) is 0 Å². The van der Waals surface area contributed by atoms with Gasteiger partial charge in [0.05, 0.1) is 0 Å². The van der Waals surface area contributed by atoms with Crippen LogP contribution in [0.1, 0.15) is 42.5 Å². The Balaban J connectivity index is 2.07. The molecule has 1 aromatic carbocycles. The molecule has 0 heterocycles. The van der Waals surface area contributed by atoms with E-state index in [9.17, 15) is 9.00 Å². The van der Waals surface area contributed by atoms with Crippen LogP contribution in [-0.4, -0.2) is 34.4 Å². The van der Waals surface area contributed by atoms with Crippen LogP contribution in [0.5, 0.6) is 0 Å². The summed E-state index contributed by atoms with van der Waals surface area (Å²) in [6, 6.07) is 7.48. The van der Waals surface area contributed by atoms with Gasteiger partial charge in [-0.2, -0.15) is 0 Å². The molecule has 4 heteroatoms. The van der Waals surface area contributed by atoms with Gasteiger partial charge in [0.25, 0.3) is 5.91 Å². The van der Waals surface area contributed by atoms with Crippen LogP contribution in [0.25, 0.3) is 0 Å². The molecule has 1 unspecified atom stereocenters. The molecule has 104 valence electrons. The van der Waals surface area contributed by atoms with Crippen LogP contribution in [0.2, 0.25) is 0 Å². The van der Waals surface area contributed by atoms with E-state index >= 15 is 0 Å². The first-order valence-electron chi connectivity index (χ1n) is 6.80. The third-order valence-electron chi connectivity index (χ3n) is 3.88. The number of benzene rings is 1. The SMILES string of the molecule is CN(C(=O)c1ccc(S(C)=O)cc1)C1CCCCC1. The molecular formula is C15H21NO2S. The summed E-state index contributed by atoms with van der Waals surface area (Å²) >= 11 is 0. The predicted octanol–water partition coefficient (Wildman–Crippen LogP) is 2.83. The van der Waals surface area contributed by atoms with Crippen molar-refractivity contribution in [2.75, 3.05) is 13.3 Å². The fourth-order valence-electron chi connectivity index (χ4n) is 2.63. The summed E-state index contributed by atoms with van der Waals surface area (Å²) in [6.45, 7) is 0. The Bertz CT molecular complexity index is 464. The zero-order valence-corrected chi connectivity index (χ0v) is 12.4. The van der Waals surface area contributed by atoms with Crippen LogP contribution in [0.4, 0.5) is 0 Å². The predicted molar refractivity (Wildman–Crippen MR) is 77.7 cm³/mol. The molecule has 0 aromatic heterocycles. The minimum absolute atomic E-state index is 0.0698. The van der Waals surface area contributed by atoms with Gasteiger partial charge in [-0.1, -0.05) is 19.3 Å². The summed E-state index contributed by atoms with van der Waals surface area (Å²) < 4.78 is 11.3.